The predicted molar refractivity (Wildman–Crippen MR) is 76.6 cm³/mol. The van der Waals surface area contributed by atoms with Gasteiger partial charge in [0.1, 0.15) is 11.3 Å². The van der Waals surface area contributed by atoms with Crippen LogP contribution in [0.2, 0.25) is 5.02 Å². The summed E-state index contributed by atoms with van der Waals surface area (Å²) in [6.07, 6.45) is -3.67. The first-order chi connectivity index (χ1) is 10.2. The lowest BCUT2D eigenvalue weighted by Crippen LogP contribution is -2.10. The third-order valence-corrected chi connectivity index (χ3v) is 2.81. The molecule has 0 aliphatic carbocycles. The number of hydrogen-bond donors (Lipinski definition) is 1. The molecule has 22 heavy (non-hydrogen) atoms. The van der Waals surface area contributed by atoms with Crippen LogP contribution in [0.4, 0.5) is 18.9 Å². The first-order valence-corrected chi connectivity index (χ1v) is 6.52. The van der Waals surface area contributed by atoms with Gasteiger partial charge < -0.3 is 9.84 Å². The summed E-state index contributed by atoms with van der Waals surface area (Å²) in [5.41, 5.74) is -1.35. The number of allylic oxidation sites excluding steroid dienone is 1. The minimum atomic E-state index is -4.62. The van der Waals surface area contributed by atoms with Gasteiger partial charge in [0.25, 0.3) is 0 Å². The van der Waals surface area contributed by atoms with E-state index < -0.39 is 22.7 Å². The zero-order valence-electron chi connectivity index (χ0n) is 11.7. The number of aliphatic imine (C=N–C) groups is 1. The molecule has 0 atom stereocenters. The average Bonchev–Trinajstić information content (AvgIpc) is 2.39. The summed E-state index contributed by atoms with van der Waals surface area (Å²) in [5, 5.41) is 8.95. The minimum absolute atomic E-state index is 0.0697. The molecule has 0 radical (unpaired) electrons. The Bertz CT molecular complexity index is 620. The number of carbonyl (C=O) groups is 1. The number of halogens is 4. The minimum Gasteiger partial charge on any atom is -0.512 e. The van der Waals surface area contributed by atoms with Gasteiger partial charge in [-0.25, -0.2) is 4.79 Å². The zero-order chi connectivity index (χ0) is 16.9. The number of aliphatic hydroxyl groups excluding tert-OH is 1. The summed E-state index contributed by atoms with van der Waals surface area (Å²) >= 11 is 5.49. The summed E-state index contributed by atoms with van der Waals surface area (Å²) in [7, 11) is 0. The van der Waals surface area contributed by atoms with Crippen molar-refractivity contribution in [1.29, 1.82) is 0 Å². The molecule has 1 rings (SSSR count). The van der Waals surface area contributed by atoms with Crippen molar-refractivity contribution in [3.8, 4) is 0 Å². The van der Waals surface area contributed by atoms with E-state index in [1.807, 2.05) is 0 Å². The Hall–Kier alpha value is -2.02. The molecule has 0 saturated heterocycles. The topological polar surface area (TPSA) is 58.9 Å². The van der Waals surface area contributed by atoms with E-state index in [1.165, 1.54) is 13.0 Å². The quantitative estimate of drug-likeness (QED) is 0.382. The summed E-state index contributed by atoms with van der Waals surface area (Å²) < 4.78 is 42.9. The molecule has 0 aliphatic heterocycles. The molecule has 0 saturated carbocycles. The standard InChI is InChI=1S/C14H13ClF3NO3/c1-3-22-13(21)10(8(2)20)7-19-9-4-5-12(15)11(6-9)14(16,17)18/h4-7,20H,3H2,1-2H3/b10-8+,19-7?. The van der Waals surface area contributed by atoms with Gasteiger partial charge in [-0.15, -0.1) is 0 Å². The molecule has 0 bridgehead atoms. The molecule has 0 spiro atoms. The first-order valence-electron chi connectivity index (χ1n) is 6.14. The Morgan fingerprint density at radius 2 is 2.09 bits per heavy atom. The molecule has 0 amide bonds. The number of nitrogens with zero attached hydrogens (tertiary/aromatic N) is 1. The van der Waals surface area contributed by atoms with Gasteiger partial charge in [0.05, 0.1) is 22.9 Å². The van der Waals surface area contributed by atoms with E-state index in [9.17, 15) is 23.1 Å². The number of ether oxygens (including phenoxy) is 1. The molecule has 0 unspecified atom stereocenters. The normalized spacial score (nSPS) is 13.2. The zero-order valence-corrected chi connectivity index (χ0v) is 12.5. The molecule has 1 N–H and O–H groups in total. The number of rotatable bonds is 4. The van der Waals surface area contributed by atoms with E-state index >= 15 is 0 Å². The second-order valence-electron chi connectivity index (χ2n) is 4.14. The largest absolute Gasteiger partial charge is 0.512 e. The first kappa shape index (κ1) is 18.0. The average molecular weight is 336 g/mol. The second kappa shape index (κ2) is 7.31. The van der Waals surface area contributed by atoms with Gasteiger partial charge in [-0.2, -0.15) is 13.2 Å². The fourth-order valence-corrected chi connectivity index (χ4v) is 1.68. The van der Waals surface area contributed by atoms with Gasteiger partial charge in [-0.05, 0) is 32.0 Å². The van der Waals surface area contributed by atoms with Crippen LogP contribution in [-0.4, -0.2) is 23.9 Å². The third-order valence-electron chi connectivity index (χ3n) is 2.48. The van der Waals surface area contributed by atoms with E-state index in [2.05, 4.69) is 4.99 Å². The number of hydrogen-bond acceptors (Lipinski definition) is 4. The van der Waals surface area contributed by atoms with Crippen LogP contribution in [0.25, 0.3) is 0 Å². The maximum Gasteiger partial charge on any atom is 0.417 e. The van der Waals surface area contributed by atoms with Crippen LogP contribution in [0, 0.1) is 0 Å². The van der Waals surface area contributed by atoms with Gasteiger partial charge in [0, 0.05) is 6.21 Å². The van der Waals surface area contributed by atoms with Crippen molar-refractivity contribution in [1.82, 2.24) is 0 Å². The highest BCUT2D eigenvalue weighted by Crippen LogP contribution is 2.36. The van der Waals surface area contributed by atoms with Crippen molar-refractivity contribution >= 4 is 29.5 Å². The van der Waals surface area contributed by atoms with Crippen LogP contribution < -0.4 is 0 Å². The van der Waals surface area contributed by atoms with Gasteiger partial charge in [-0.1, -0.05) is 11.6 Å². The fraction of sp³-hybridized carbons (Fsp3) is 0.286. The fourth-order valence-electron chi connectivity index (χ4n) is 1.45. The van der Waals surface area contributed by atoms with Crippen LogP contribution in [0.5, 0.6) is 0 Å². The van der Waals surface area contributed by atoms with Gasteiger partial charge in [0.15, 0.2) is 0 Å². The number of esters is 1. The van der Waals surface area contributed by atoms with Crippen LogP contribution >= 0.6 is 11.6 Å². The Kier molecular flexibility index (Phi) is 5.99. The Morgan fingerprint density at radius 1 is 1.45 bits per heavy atom. The third kappa shape index (κ3) is 4.77. The van der Waals surface area contributed by atoms with Crippen LogP contribution in [0.3, 0.4) is 0 Å². The molecule has 1 aromatic carbocycles. The van der Waals surface area contributed by atoms with Crippen molar-refractivity contribution < 1.29 is 27.8 Å². The van der Waals surface area contributed by atoms with Crippen LogP contribution in [-0.2, 0) is 15.7 Å². The predicted octanol–water partition coefficient (Wildman–Crippen LogP) is 4.46. The molecule has 4 nitrogen and oxygen atoms in total. The smallest absolute Gasteiger partial charge is 0.417 e. The van der Waals surface area contributed by atoms with Crippen molar-refractivity contribution in [2.75, 3.05) is 6.61 Å². The highest BCUT2D eigenvalue weighted by Gasteiger charge is 2.33. The van der Waals surface area contributed by atoms with E-state index in [-0.39, 0.29) is 23.6 Å². The molecule has 0 heterocycles. The van der Waals surface area contributed by atoms with Crippen molar-refractivity contribution in [2.45, 2.75) is 20.0 Å². The second-order valence-corrected chi connectivity index (χ2v) is 4.55. The molecular weight excluding hydrogens is 323 g/mol. The van der Waals surface area contributed by atoms with E-state index in [1.54, 1.807) is 6.92 Å². The lowest BCUT2D eigenvalue weighted by atomic mass is 10.2. The van der Waals surface area contributed by atoms with E-state index in [0.29, 0.717) is 0 Å². The van der Waals surface area contributed by atoms with Crippen molar-refractivity contribution in [3.05, 3.63) is 40.1 Å². The number of aliphatic hydroxyl groups is 1. The molecule has 0 aliphatic rings. The molecule has 120 valence electrons. The SMILES string of the molecule is CCOC(=O)/C(C=Nc1ccc(Cl)c(C(F)(F)F)c1)=C(\C)O. The van der Waals surface area contributed by atoms with Crippen LogP contribution in [0.15, 0.2) is 34.5 Å². The summed E-state index contributed by atoms with van der Waals surface area (Å²) in [6.45, 7) is 2.90. The molecule has 0 fully saturated rings. The Labute approximate surface area is 129 Å². The molecule has 8 heteroatoms. The summed E-state index contributed by atoms with van der Waals surface area (Å²) in [5.74, 6) is -1.18. The van der Waals surface area contributed by atoms with E-state index in [4.69, 9.17) is 16.3 Å². The van der Waals surface area contributed by atoms with E-state index in [0.717, 1.165) is 18.3 Å². The number of alkyl halides is 3. The summed E-state index contributed by atoms with van der Waals surface area (Å²) in [4.78, 5) is 15.3. The maximum atomic E-state index is 12.7. The molecule has 1 aromatic rings. The number of benzene rings is 1. The maximum absolute atomic E-state index is 12.7. The monoisotopic (exact) mass is 335 g/mol. The molecule has 0 aromatic heterocycles. The van der Waals surface area contributed by atoms with Gasteiger partial charge in [-0.3, -0.25) is 4.99 Å². The van der Waals surface area contributed by atoms with Crippen molar-refractivity contribution in [3.63, 3.8) is 0 Å². The Morgan fingerprint density at radius 3 is 2.59 bits per heavy atom. The number of carbonyl (C=O) groups excluding carboxylic acids is 1. The molecular formula is C14H13ClF3NO3. The van der Waals surface area contributed by atoms with Crippen LogP contribution in [0.1, 0.15) is 19.4 Å². The van der Waals surface area contributed by atoms with Crippen molar-refractivity contribution in [2.24, 2.45) is 4.99 Å². The Balaban J connectivity index is 3.13. The lowest BCUT2D eigenvalue weighted by molar-refractivity contribution is -0.138. The summed E-state index contributed by atoms with van der Waals surface area (Å²) in [6, 6.07) is 3.05. The highest BCUT2D eigenvalue weighted by molar-refractivity contribution is 6.31. The van der Waals surface area contributed by atoms with Gasteiger partial charge in [0.2, 0.25) is 0 Å². The van der Waals surface area contributed by atoms with Gasteiger partial charge >= 0.3 is 12.1 Å². The highest BCUT2D eigenvalue weighted by atomic mass is 35.5. The lowest BCUT2D eigenvalue weighted by Gasteiger charge is -2.09.